The fourth-order valence-electron chi connectivity index (χ4n) is 5.40. The third-order valence-corrected chi connectivity index (χ3v) is 7.20. The topological polar surface area (TPSA) is 84.5 Å². The summed E-state index contributed by atoms with van der Waals surface area (Å²) in [4.78, 5) is 26.3. The van der Waals surface area contributed by atoms with Crippen molar-refractivity contribution in [2.75, 3.05) is 10.6 Å². The smallest absolute Gasteiger partial charge is 0.257 e. The maximum atomic E-state index is 13.2. The van der Waals surface area contributed by atoms with Gasteiger partial charge in [-0.05, 0) is 36.4 Å². The zero-order chi connectivity index (χ0) is 25.4. The molecule has 2 N–H and O–H groups in total. The quantitative estimate of drug-likeness (QED) is 0.247. The average molecular weight is 495 g/mol. The van der Waals surface area contributed by atoms with Crippen molar-refractivity contribution in [3.8, 4) is 22.6 Å². The molecule has 0 fully saturated rings. The number of para-hydroxylation sites is 2. The molecule has 4 heterocycles. The van der Waals surface area contributed by atoms with Crippen molar-refractivity contribution in [1.29, 1.82) is 0 Å². The summed E-state index contributed by atoms with van der Waals surface area (Å²) in [5.74, 6) is 0.820. The summed E-state index contributed by atoms with van der Waals surface area (Å²) in [5, 5.41) is 7.90. The first-order valence-electron chi connectivity index (χ1n) is 12.3. The molecule has 0 saturated carbocycles. The number of carbonyl (C=O) groups is 2. The van der Waals surface area contributed by atoms with Gasteiger partial charge in [0.15, 0.2) is 0 Å². The predicted molar refractivity (Wildman–Crippen MR) is 147 cm³/mol. The fourth-order valence-corrected chi connectivity index (χ4v) is 5.40. The first kappa shape index (κ1) is 20.8. The van der Waals surface area contributed by atoms with E-state index in [9.17, 15) is 9.59 Å². The second kappa shape index (κ2) is 7.57. The Kier molecular flexibility index (Phi) is 4.14. The van der Waals surface area contributed by atoms with Gasteiger partial charge in [0.25, 0.3) is 11.8 Å². The van der Waals surface area contributed by atoms with Gasteiger partial charge in [0.1, 0.15) is 22.7 Å². The fraction of sp³-hybridized carbons (Fsp3) is 0. The second-order valence-corrected chi connectivity index (χ2v) is 9.48. The first-order valence-corrected chi connectivity index (χ1v) is 12.3. The van der Waals surface area contributed by atoms with Crippen LogP contribution in [0, 0.1) is 0 Å². The van der Waals surface area contributed by atoms with Gasteiger partial charge < -0.3 is 19.5 Å². The van der Waals surface area contributed by atoms with Crippen LogP contribution in [0.15, 0.2) is 106 Å². The van der Waals surface area contributed by atoms with Crippen LogP contribution in [0.4, 0.5) is 11.4 Å². The van der Waals surface area contributed by atoms with Gasteiger partial charge in [-0.25, -0.2) is 0 Å². The number of rotatable bonds is 2. The lowest BCUT2D eigenvalue weighted by Gasteiger charge is -2.05. The zero-order valence-electron chi connectivity index (χ0n) is 19.9. The van der Waals surface area contributed by atoms with Gasteiger partial charge in [-0.15, -0.1) is 0 Å². The Morgan fingerprint density at radius 3 is 1.39 bits per heavy atom. The molecule has 0 aliphatic carbocycles. The van der Waals surface area contributed by atoms with Crippen molar-refractivity contribution in [3.63, 3.8) is 0 Å². The second-order valence-electron chi connectivity index (χ2n) is 9.48. The standard InChI is InChI=1S/C32H18N2O4/c35-31-29(21-11-9-19(13-23(21)33-31)27-15-17-5-1-3-7-25(17)37-27)30-22-12-10-20(14-24(22)34-32(30)36)28-16-18-6-2-4-8-26(18)38-28/h1-16H,(H,33,35)(H,34,36)/b30-29+. The lowest BCUT2D eigenvalue weighted by molar-refractivity contribution is -0.112. The number of carbonyl (C=O) groups excluding carboxylic acids is 2. The molecule has 38 heavy (non-hydrogen) atoms. The number of fused-ring (bicyclic) bond motifs is 4. The molecule has 2 amide bonds. The number of nitrogens with one attached hydrogen (secondary N) is 2. The monoisotopic (exact) mass is 494 g/mol. The van der Waals surface area contributed by atoms with E-state index in [0.717, 1.165) is 33.1 Å². The molecule has 2 aliphatic heterocycles. The van der Waals surface area contributed by atoms with Crippen LogP contribution in [0.1, 0.15) is 11.1 Å². The van der Waals surface area contributed by atoms with Crippen molar-refractivity contribution >= 4 is 56.3 Å². The number of hydrogen-bond acceptors (Lipinski definition) is 4. The van der Waals surface area contributed by atoms with Crippen LogP contribution in [0.2, 0.25) is 0 Å². The third kappa shape index (κ3) is 3.01. The van der Waals surface area contributed by atoms with E-state index in [4.69, 9.17) is 8.83 Å². The van der Waals surface area contributed by atoms with Crippen molar-refractivity contribution in [2.45, 2.75) is 0 Å². The number of anilines is 2. The molecule has 6 aromatic rings. The predicted octanol–water partition coefficient (Wildman–Crippen LogP) is 7.33. The van der Waals surface area contributed by atoms with Crippen LogP contribution in [-0.4, -0.2) is 11.8 Å². The molecule has 6 nitrogen and oxygen atoms in total. The largest absolute Gasteiger partial charge is 0.456 e. The van der Waals surface area contributed by atoms with Crippen LogP contribution in [0.5, 0.6) is 0 Å². The van der Waals surface area contributed by atoms with Crippen LogP contribution in [-0.2, 0) is 9.59 Å². The van der Waals surface area contributed by atoms with Crippen LogP contribution < -0.4 is 10.6 Å². The molecule has 0 saturated heterocycles. The van der Waals surface area contributed by atoms with Gasteiger partial charge in [0.2, 0.25) is 0 Å². The van der Waals surface area contributed by atoms with E-state index in [0.29, 0.717) is 45.2 Å². The van der Waals surface area contributed by atoms with E-state index < -0.39 is 0 Å². The van der Waals surface area contributed by atoms with E-state index in [2.05, 4.69) is 10.6 Å². The highest BCUT2D eigenvalue weighted by Gasteiger charge is 2.35. The highest BCUT2D eigenvalue weighted by molar-refractivity contribution is 6.49. The number of hydrogen-bond donors (Lipinski definition) is 2. The molecular weight excluding hydrogens is 476 g/mol. The van der Waals surface area contributed by atoms with Gasteiger partial charge in [-0.2, -0.15) is 0 Å². The Morgan fingerprint density at radius 1 is 0.500 bits per heavy atom. The number of amides is 2. The summed E-state index contributed by atoms with van der Waals surface area (Å²) >= 11 is 0. The third-order valence-electron chi connectivity index (χ3n) is 7.20. The molecule has 6 heteroatoms. The minimum Gasteiger partial charge on any atom is -0.456 e. The van der Waals surface area contributed by atoms with Crippen LogP contribution in [0.25, 0.3) is 55.7 Å². The van der Waals surface area contributed by atoms with Gasteiger partial charge in [-0.1, -0.05) is 60.7 Å². The number of furan rings is 2. The Balaban J connectivity index is 1.21. The summed E-state index contributed by atoms with van der Waals surface area (Å²) in [6.07, 6.45) is 0. The van der Waals surface area contributed by atoms with Crippen molar-refractivity contribution in [2.24, 2.45) is 0 Å². The number of benzene rings is 4. The molecule has 8 rings (SSSR count). The van der Waals surface area contributed by atoms with E-state index in [1.54, 1.807) is 0 Å². The van der Waals surface area contributed by atoms with Crippen LogP contribution in [0.3, 0.4) is 0 Å². The zero-order valence-corrected chi connectivity index (χ0v) is 19.9. The Labute approximate surface area is 216 Å². The van der Waals surface area contributed by atoms with E-state index >= 15 is 0 Å². The molecule has 0 unspecified atom stereocenters. The Bertz CT molecular complexity index is 1810. The Morgan fingerprint density at radius 2 is 0.947 bits per heavy atom. The molecule has 180 valence electrons. The minimum atomic E-state index is -0.305. The molecular formula is C32H18N2O4. The van der Waals surface area contributed by atoms with Gasteiger partial charge >= 0.3 is 0 Å². The lowest BCUT2D eigenvalue weighted by atomic mass is 9.94. The maximum absolute atomic E-state index is 13.2. The highest BCUT2D eigenvalue weighted by Crippen LogP contribution is 2.44. The van der Waals surface area contributed by atoms with Crippen molar-refractivity contribution in [1.82, 2.24) is 0 Å². The van der Waals surface area contributed by atoms with Crippen molar-refractivity contribution < 1.29 is 18.4 Å². The summed E-state index contributed by atoms with van der Waals surface area (Å²) in [5.41, 5.74) is 6.70. The first-order chi connectivity index (χ1) is 18.6. The Hall–Kier alpha value is -5.36. The van der Waals surface area contributed by atoms with Crippen molar-refractivity contribution in [3.05, 3.63) is 108 Å². The summed E-state index contributed by atoms with van der Waals surface area (Å²) in [6, 6.07) is 30.9. The molecule has 2 aliphatic rings. The van der Waals surface area contributed by atoms with Gasteiger partial charge in [-0.3, -0.25) is 9.59 Å². The molecule has 4 aromatic carbocycles. The highest BCUT2D eigenvalue weighted by atomic mass is 16.3. The molecule has 0 atom stereocenters. The summed E-state index contributed by atoms with van der Waals surface area (Å²) in [7, 11) is 0. The normalized spacial score (nSPS) is 16.1. The summed E-state index contributed by atoms with van der Waals surface area (Å²) < 4.78 is 12.0. The minimum absolute atomic E-state index is 0.305. The maximum Gasteiger partial charge on any atom is 0.257 e. The van der Waals surface area contributed by atoms with Gasteiger partial charge in [0.05, 0.1) is 11.1 Å². The van der Waals surface area contributed by atoms with Crippen LogP contribution >= 0.6 is 0 Å². The molecule has 0 spiro atoms. The van der Waals surface area contributed by atoms with E-state index in [1.165, 1.54) is 0 Å². The average Bonchev–Trinajstić information content (AvgIpc) is 3.69. The molecule has 2 aromatic heterocycles. The molecule has 0 bridgehead atoms. The molecule has 0 radical (unpaired) electrons. The summed E-state index contributed by atoms with van der Waals surface area (Å²) in [6.45, 7) is 0. The lowest BCUT2D eigenvalue weighted by Crippen LogP contribution is -2.10. The van der Waals surface area contributed by atoms with E-state index in [1.807, 2.05) is 97.1 Å². The van der Waals surface area contributed by atoms with E-state index in [-0.39, 0.29) is 11.8 Å². The SMILES string of the molecule is O=C1Nc2cc(-c3cc4ccccc4o3)ccc2/C1=C1\C(=O)Nc2cc(-c3cc4ccccc4o3)ccc21. The van der Waals surface area contributed by atoms with Gasteiger partial charge in [0, 0.05) is 44.4 Å².